The van der Waals surface area contributed by atoms with Crippen molar-refractivity contribution in [1.29, 1.82) is 0 Å². The molecular weight excluding hydrogens is 316 g/mol. The first-order valence-electron chi connectivity index (χ1n) is 6.66. The van der Waals surface area contributed by atoms with Crippen LogP contribution in [0.4, 0.5) is 0 Å². The van der Waals surface area contributed by atoms with E-state index in [0.29, 0.717) is 18.7 Å². The molecule has 0 radical (unpaired) electrons. The first kappa shape index (κ1) is 14.7. The van der Waals surface area contributed by atoms with Crippen molar-refractivity contribution >= 4 is 21.8 Å². The number of rotatable bonds is 4. The van der Waals surface area contributed by atoms with Gasteiger partial charge < -0.3 is 4.90 Å². The zero-order valence-corrected chi connectivity index (χ0v) is 13.2. The van der Waals surface area contributed by atoms with Crippen molar-refractivity contribution in [2.24, 2.45) is 0 Å². The first-order chi connectivity index (χ1) is 9.65. The van der Waals surface area contributed by atoms with E-state index in [2.05, 4.69) is 20.9 Å². The van der Waals surface area contributed by atoms with Gasteiger partial charge in [0.15, 0.2) is 0 Å². The maximum absolute atomic E-state index is 12.4. The van der Waals surface area contributed by atoms with Gasteiger partial charge in [-0.3, -0.25) is 9.78 Å². The minimum atomic E-state index is 0.0617. The molecule has 1 amide bonds. The van der Waals surface area contributed by atoms with E-state index in [-0.39, 0.29) is 5.91 Å². The molecule has 0 aliphatic rings. The molecule has 2 aromatic rings. The second kappa shape index (κ2) is 6.66. The normalized spacial score (nSPS) is 10.3. The monoisotopic (exact) mass is 332 g/mol. The summed E-state index contributed by atoms with van der Waals surface area (Å²) in [6.45, 7) is 5.41. The number of nitrogens with zero attached hydrogens (tertiary/aromatic N) is 2. The van der Waals surface area contributed by atoms with E-state index in [1.165, 1.54) is 0 Å². The zero-order chi connectivity index (χ0) is 14.5. The average molecular weight is 333 g/mol. The molecular formula is C16H17BrN2O. The number of aromatic nitrogens is 1. The molecule has 104 valence electrons. The highest BCUT2D eigenvalue weighted by Gasteiger charge is 2.14. The van der Waals surface area contributed by atoms with Crippen LogP contribution in [0, 0.1) is 0 Å². The lowest BCUT2D eigenvalue weighted by molar-refractivity contribution is 0.0773. The van der Waals surface area contributed by atoms with Gasteiger partial charge in [0.05, 0.1) is 0 Å². The fourth-order valence-corrected chi connectivity index (χ4v) is 2.61. The summed E-state index contributed by atoms with van der Waals surface area (Å²) >= 11 is 3.49. The number of carbonyl (C=O) groups excluding carboxylic acids is 1. The fraction of sp³-hybridized carbons (Fsp3) is 0.250. The van der Waals surface area contributed by atoms with Crippen LogP contribution in [0.3, 0.4) is 0 Å². The van der Waals surface area contributed by atoms with Crippen LogP contribution in [-0.2, 0) is 0 Å². The van der Waals surface area contributed by atoms with Crippen molar-refractivity contribution in [2.45, 2.75) is 13.8 Å². The summed E-state index contributed by atoms with van der Waals surface area (Å²) in [5.41, 5.74) is 2.77. The van der Waals surface area contributed by atoms with Crippen LogP contribution in [0.15, 0.2) is 47.2 Å². The van der Waals surface area contributed by atoms with Crippen molar-refractivity contribution in [3.8, 4) is 11.1 Å². The summed E-state index contributed by atoms with van der Waals surface area (Å²) in [5.74, 6) is 0.0617. The van der Waals surface area contributed by atoms with Gasteiger partial charge in [0, 0.05) is 35.5 Å². The molecule has 0 N–H and O–H groups in total. The number of hydrogen-bond acceptors (Lipinski definition) is 2. The summed E-state index contributed by atoms with van der Waals surface area (Å²) in [4.78, 5) is 18.3. The fourth-order valence-electron chi connectivity index (χ4n) is 2.12. The van der Waals surface area contributed by atoms with Crippen LogP contribution in [0.2, 0.25) is 0 Å². The molecule has 0 spiro atoms. The second-order valence-electron chi connectivity index (χ2n) is 4.44. The summed E-state index contributed by atoms with van der Waals surface area (Å²) < 4.78 is 0.905. The van der Waals surface area contributed by atoms with Gasteiger partial charge in [-0.05, 0) is 55.3 Å². The van der Waals surface area contributed by atoms with Gasteiger partial charge in [-0.25, -0.2) is 0 Å². The van der Waals surface area contributed by atoms with Gasteiger partial charge in [0.2, 0.25) is 0 Å². The summed E-state index contributed by atoms with van der Waals surface area (Å²) in [5, 5.41) is 0. The number of carbonyl (C=O) groups is 1. The maximum atomic E-state index is 12.4. The van der Waals surface area contributed by atoms with Gasteiger partial charge >= 0.3 is 0 Å². The quantitative estimate of drug-likeness (QED) is 0.847. The van der Waals surface area contributed by atoms with Crippen LogP contribution in [0.5, 0.6) is 0 Å². The molecule has 0 saturated carbocycles. The summed E-state index contributed by atoms with van der Waals surface area (Å²) in [6.07, 6.45) is 3.50. The van der Waals surface area contributed by atoms with E-state index < -0.39 is 0 Å². The van der Waals surface area contributed by atoms with E-state index in [4.69, 9.17) is 0 Å². The Morgan fingerprint density at radius 3 is 2.35 bits per heavy atom. The molecule has 0 saturated heterocycles. The minimum Gasteiger partial charge on any atom is -0.339 e. The molecule has 1 aromatic carbocycles. The average Bonchev–Trinajstić information content (AvgIpc) is 2.48. The van der Waals surface area contributed by atoms with Crippen LogP contribution in [0.1, 0.15) is 24.2 Å². The van der Waals surface area contributed by atoms with Crippen molar-refractivity contribution < 1.29 is 4.79 Å². The Bertz CT molecular complexity index is 595. The molecule has 0 fully saturated rings. The van der Waals surface area contributed by atoms with Gasteiger partial charge in [0.25, 0.3) is 5.91 Å². The molecule has 2 rings (SSSR count). The standard InChI is InChI=1S/C16H17BrN2O/c1-3-19(4-2)16(20)14-9-13(10-15(17)11-14)12-5-7-18-8-6-12/h5-11H,3-4H2,1-2H3. The van der Waals surface area contributed by atoms with E-state index in [9.17, 15) is 4.79 Å². The molecule has 0 atom stereocenters. The highest BCUT2D eigenvalue weighted by molar-refractivity contribution is 9.10. The number of pyridine rings is 1. The molecule has 0 bridgehead atoms. The van der Waals surface area contributed by atoms with Crippen LogP contribution in [-0.4, -0.2) is 28.9 Å². The molecule has 4 heteroatoms. The van der Waals surface area contributed by atoms with Gasteiger partial charge in [-0.1, -0.05) is 15.9 Å². The highest BCUT2D eigenvalue weighted by Crippen LogP contribution is 2.25. The Labute approximate surface area is 127 Å². The zero-order valence-electron chi connectivity index (χ0n) is 11.6. The summed E-state index contributed by atoms with van der Waals surface area (Å²) in [7, 11) is 0. The smallest absolute Gasteiger partial charge is 0.253 e. The van der Waals surface area contributed by atoms with Gasteiger partial charge in [0.1, 0.15) is 0 Å². The van der Waals surface area contributed by atoms with Crippen LogP contribution < -0.4 is 0 Å². The number of halogens is 1. The minimum absolute atomic E-state index is 0.0617. The van der Waals surface area contributed by atoms with Crippen LogP contribution in [0.25, 0.3) is 11.1 Å². The largest absolute Gasteiger partial charge is 0.339 e. The SMILES string of the molecule is CCN(CC)C(=O)c1cc(Br)cc(-c2ccncc2)c1. The number of amides is 1. The van der Waals surface area contributed by atoms with Crippen molar-refractivity contribution in [3.05, 3.63) is 52.8 Å². The molecule has 1 aromatic heterocycles. The lowest BCUT2D eigenvalue weighted by Gasteiger charge is -2.19. The molecule has 0 unspecified atom stereocenters. The first-order valence-corrected chi connectivity index (χ1v) is 7.45. The number of benzene rings is 1. The van der Waals surface area contributed by atoms with E-state index in [1.54, 1.807) is 12.4 Å². The van der Waals surface area contributed by atoms with E-state index in [1.807, 2.05) is 49.1 Å². The molecule has 0 aliphatic heterocycles. The Hall–Kier alpha value is -1.68. The Kier molecular flexibility index (Phi) is 4.90. The maximum Gasteiger partial charge on any atom is 0.253 e. The van der Waals surface area contributed by atoms with Crippen molar-refractivity contribution in [3.63, 3.8) is 0 Å². The van der Waals surface area contributed by atoms with Gasteiger partial charge in [-0.15, -0.1) is 0 Å². The van der Waals surface area contributed by atoms with Crippen LogP contribution >= 0.6 is 15.9 Å². The lowest BCUT2D eigenvalue weighted by Crippen LogP contribution is -2.30. The topological polar surface area (TPSA) is 33.2 Å². The molecule has 1 heterocycles. The summed E-state index contributed by atoms with van der Waals surface area (Å²) in [6, 6.07) is 9.68. The Morgan fingerprint density at radius 1 is 1.10 bits per heavy atom. The van der Waals surface area contributed by atoms with Crippen molar-refractivity contribution in [2.75, 3.05) is 13.1 Å². The molecule has 0 aliphatic carbocycles. The highest BCUT2D eigenvalue weighted by atomic mass is 79.9. The molecule has 3 nitrogen and oxygen atoms in total. The number of hydrogen-bond donors (Lipinski definition) is 0. The third-order valence-electron chi connectivity index (χ3n) is 3.21. The third-order valence-corrected chi connectivity index (χ3v) is 3.67. The predicted molar refractivity (Wildman–Crippen MR) is 84.6 cm³/mol. The Balaban J connectivity index is 2.42. The van der Waals surface area contributed by atoms with E-state index in [0.717, 1.165) is 15.6 Å². The molecule has 20 heavy (non-hydrogen) atoms. The van der Waals surface area contributed by atoms with Crippen molar-refractivity contribution in [1.82, 2.24) is 9.88 Å². The van der Waals surface area contributed by atoms with Gasteiger partial charge in [-0.2, -0.15) is 0 Å². The third kappa shape index (κ3) is 3.25. The second-order valence-corrected chi connectivity index (χ2v) is 5.36. The lowest BCUT2D eigenvalue weighted by atomic mass is 10.0. The Morgan fingerprint density at radius 2 is 1.75 bits per heavy atom. The predicted octanol–water partition coefficient (Wildman–Crippen LogP) is 3.99. The van der Waals surface area contributed by atoms with E-state index >= 15 is 0 Å².